The molecule has 1 saturated carbocycles. The average Bonchev–Trinajstić information content (AvgIpc) is 3.23. The first-order valence-corrected chi connectivity index (χ1v) is 9.14. The van der Waals surface area contributed by atoms with Gasteiger partial charge in [-0.3, -0.25) is 4.90 Å². The van der Waals surface area contributed by atoms with Crippen LogP contribution in [0.2, 0.25) is 0 Å². The molecule has 1 saturated heterocycles. The van der Waals surface area contributed by atoms with Crippen molar-refractivity contribution in [1.29, 1.82) is 0 Å². The van der Waals surface area contributed by atoms with Gasteiger partial charge >= 0.3 is 0 Å². The van der Waals surface area contributed by atoms with Gasteiger partial charge in [0.25, 0.3) is 0 Å². The summed E-state index contributed by atoms with van der Waals surface area (Å²) in [6.07, 6.45) is 8.01. The van der Waals surface area contributed by atoms with Gasteiger partial charge in [-0.2, -0.15) is 4.98 Å². The van der Waals surface area contributed by atoms with Gasteiger partial charge in [-0.15, -0.1) is 0 Å². The molecule has 0 spiro atoms. The second-order valence-electron chi connectivity index (χ2n) is 6.76. The van der Waals surface area contributed by atoms with Gasteiger partial charge in [-0.05, 0) is 44.4 Å². The van der Waals surface area contributed by atoms with Gasteiger partial charge in [-0.25, -0.2) is 4.98 Å². The Kier molecular flexibility index (Phi) is 4.94. The molecule has 2 fully saturated rings. The molecule has 7 nitrogen and oxygen atoms in total. The van der Waals surface area contributed by atoms with Crippen molar-refractivity contribution in [2.75, 3.05) is 32.1 Å². The molecule has 2 aromatic rings. The minimum atomic E-state index is 0.271. The minimum absolute atomic E-state index is 0.271. The highest BCUT2D eigenvalue weighted by molar-refractivity contribution is 5.69. The second kappa shape index (κ2) is 7.49. The van der Waals surface area contributed by atoms with Crippen molar-refractivity contribution >= 4 is 5.82 Å². The zero-order chi connectivity index (χ0) is 17.1. The fraction of sp³-hybridized carbons (Fsp3) is 0.611. The van der Waals surface area contributed by atoms with E-state index in [4.69, 9.17) is 14.2 Å². The number of nitrogens with zero attached hydrogens (tertiary/aromatic N) is 4. The standard InChI is InChI=1S/C18H25N5O2/c1-24-12-10-20-16-14(7-3-9-19-16)17-21-18(25-22-17)15-8-4-11-23(15)13-5-2-6-13/h3,7,9,13,15H,2,4-6,8,10-12H2,1H3,(H,19,20). The molecule has 2 aromatic heterocycles. The third kappa shape index (κ3) is 3.39. The number of rotatable bonds is 7. The van der Waals surface area contributed by atoms with E-state index < -0.39 is 0 Å². The number of aromatic nitrogens is 3. The van der Waals surface area contributed by atoms with Crippen LogP contribution in [-0.2, 0) is 4.74 Å². The maximum atomic E-state index is 5.65. The second-order valence-corrected chi connectivity index (χ2v) is 6.76. The van der Waals surface area contributed by atoms with Crippen LogP contribution in [-0.4, -0.2) is 52.9 Å². The van der Waals surface area contributed by atoms with E-state index in [9.17, 15) is 0 Å². The molecule has 1 unspecified atom stereocenters. The van der Waals surface area contributed by atoms with Crippen molar-refractivity contribution in [3.63, 3.8) is 0 Å². The van der Waals surface area contributed by atoms with Gasteiger partial charge in [0.2, 0.25) is 11.7 Å². The molecular formula is C18H25N5O2. The van der Waals surface area contributed by atoms with Crippen LogP contribution >= 0.6 is 0 Å². The smallest absolute Gasteiger partial charge is 0.244 e. The van der Waals surface area contributed by atoms with Crippen LogP contribution in [0, 0.1) is 0 Å². The van der Waals surface area contributed by atoms with Crippen LogP contribution in [0.15, 0.2) is 22.9 Å². The Morgan fingerprint density at radius 1 is 1.32 bits per heavy atom. The third-order valence-corrected chi connectivity index (χ3v) is 5.21. The number of ether oxygens (including phenoxy) is 1. The molecule has 7 heteroatoms. The first-order chi connectivity index (χ1) is 12.4. The summed E-state index contributed by atoms with van der Waals surface area (Å²) in [5, 5.41) is 7.50. The Balaban J connectivity index is 1.53. The van der Waals surface area contributed by atoms with Crippen LogP contribution in [0.3, 0.4) is 0 Å². The summed E-state index contributed by atoms with van der Waals surface area (Å²) in [4.78, 5) is 11.7. The van der Waals surface area contributed by atoms with E-state index in [0.29, 0.717) is 25.0 Å². The summed E-state index contributed by atoms with van der Waals surface area (Å²) in [5.41, 5.74) is 0.863. The average molecular weight is 343 g/mol. The lowest BCUT2D eigenvalue weighted by molar-refractivity contribution is 0.0966. The normalized spacial score (nSPS) is 21.4. The lowest BCUT2D eigenvalue weighted by atomic mass is 9.91. The number of hydrogen-bond donors (Lipinski definition) is 1. The first-order valence-electron chi connectivity index (χ1n) is 9.14. The summed E-state index contributed by atoms with van der Waals surface area (Å²) in [6, 6.07) is 4.83. The Morgan fingerprint density at radius 2 is 2.24 bits per heavy atom. The molecule has 1 aliphatic heterocycles. The lowest BCUT2D eigenvalue weighted by Crippen LogP contribution is -2.39. The molecule has 1 atom stereocenters. The van der Waals surface area contributed by atoms with Crippen molar-refractivity contribution < 1.29 is 9.26 Å². The molecule has 0 aromatic carbocycles. The van der Waals surface area contributed by atoms with E-state index in [1.165, 1.54) is 25.7 Å². The Labute approximate surface area is 147 Å². The summed E-state index contributed by atoms with van der Waals surface area (Å²) in [6.45, 7) is 2.44. The molecule has 0 amide bonds. The van der Waals surface area contributed by atoms with Crippen LogP contribution in [0.5, 0.6) is 0 Å². The molecule has 2 aliphatic rings. The summed E-state index contributed by atoms with van der Waals surface area (Å²) < 4.78 is 10.7. The topological polar surface area (TPSA) is 76.3 Å². The number of hydrogen-bond acceptors (Lipinski definition) is 7. The van der Waals surface area contributed by atoms with E-state index in [1.807, 2.05) is 12.1 Å². The maximum absolute atomic E-state index is 5.65. The van der Waals surface area contributed by atoms with Gasteiger partial charge in [0, 0.05) is 25.9 Å². The first kappa shape index (κ1) is 16.5. The minimum Gasteiger partial charge on any atom is -0.383 e. The van der Waals surface area contributed by atoms with Crippen molar-refractivity contribution in [2.24, 2.45) is 0 Å². The van der Waals surface area contributed by atoms with Gasteiger partial charge in [0.15, 0.2) is 0 Å². The molecule has 134 valence electrons. The van der Waals surface area contributed by atoms with Crippen molar-refractivity contribution in [3.8, 4) is 11.4 Å². The number of likely N-dealkylation sites (tertiary alicyclic amines) is 1. The Hall–Kier alpha value is -1.99. The van der Waals surface area contributed by atoms with Crippen LogP contribution in [0.1, 0.15) is 44.0 Å². The SMILES string of the molecule is COCCNc1ncccc1-c1noc(C2CCCN2C2CCC2)n1. The fourth-order valence-electron chi connectivity index (χ4n) is 3.69. The van der Waals surface area contributed by atoms with Gasteiger partial charge < -0.3 is 14.6 Å². The highest BCUT2D eigenvalue weighted by Crippen LogP contribution is 2.39. The van der Waals surface area contributed by atoms with E-state index in [2.05, 4.69) is 20.4 Å². The molecule has 1 aliphatic carbocycles. The van der Waals surface area contributed by atoms with E-state index in [1.54, 1.807) is 13.3 Å². The maximum Gasteiger partial charge on any atom is 0.244 e. The van der Waals surface area contributed by atoms with E-state index in [-0.39, 0.29) is 6.04 Å². The third-order valence-electron chi connectivity index (χ3n) is 5.21. The molecular weight excluding hydrogens is 318 g/mol. The summed E-state index contributed by atoms with van der Waals surface area (Å²) >= 11 is 0. The number of nitrogens with one attached hydrogen (secondary N) is 1. The summed E-state index contributed by atoms with van der Waals surface area (Å²) in [7, 11) is 1.68. The number of pyridine rings is 1. The van der Waals surface area contributed by atoms with Crippen LogP contribution in [0.25, 0.3) is 11.4 Å². The molecule has 1 N–H and O–H groups in total. The number of anilines is 1. The largest absolute Gasteiger partial charge is 0.383 e. The highest BCUT2D eigenvalue weighted by atomic mass is 16.5. The zero-order valence-electron chi connectivity index (χ0n) is 14.6. The van der Waals surface area contributed by atoms with Gasteiger partial charge in [0.1, 0.15) is 5.82 Å². The molecule has 0 bridgehead atoms. The Bertz CT molecular complexity index is 700. The predicted octanol–water partition coefficient (Wildman–Crippen LogP) is 2.88. The lowest BCUT2D eigenvalue weighted by Gasteiger charge is -2.37. The molecule has 25 heavy (non-hydrogen) atoms. The fourth-order valence-corrected chi connectivity index (χ4v) is 3.69. The van der Waals surface area contributed by atoms with E-state index in [0.717, 1.165) is 30.2 Å². The number of methoxy groups -OCH3 is 1. The monoisotopic (exact) mass is 343 g/mol. The van der Waals surface area contributed by atoms with Crippen molar-refractivity contribution in [1.82, 2.24) is 20.0 Å². The summed E-state index contributed by atoms with van der Waals surface area (Å²) in [5.74, 6) is 2.10. The van der Waals surface area contributed by atoms with Crippen molar-refractivity contribution in [3.05, 3.63) is 24.2 Å². The molecule has 0 radical (unpaired) electrons. The zero-order valence-corrected chi connectivity index (χ0v) is 14.6. The van der Waals surface area contributed by atoms with Gasteiger partial charge in [0.05, 0.1) is 18.2 Å². The van der Waals surface area contributed by atoms with Crippen LogP contribution < -0.4 is 5.32 Å². The van der Waals surface area contributed by atoms with E-state index >= 15 is 0 Å². The highest BCUT2D eigenvalue weighted by Gasteiger charge is 2.37. The quantitative estimate of drug-likeness (QED) is 0.775. The Morgan fingerprint density at radius 3 is 3.04 bits per heavy atom. The molecule has 3 heterocycles. The van der Waals surface area contributed by atoms with Crippen molar-refractivity contribution in [2.45, 2.75) is 44.2 Å². The predicted molar refractivity (Wildman–Crippen MR) is 94.2 cm³/mol. The molecule has 4 rings (SSSR count). The van der Waals surface area contributed by atoms with Gasteiger partial charge in [-0.1, -0.05) is 11.6 Å². The van der Waals surface area contributed by atoms with Crippen LogP contribution in [0.4, 0.5) is 5.82 Å².